The summed E-state index contributed by atoms with van der Waals surface area (Å²) in [6.45, 7) is 1.87. The molecule has 0 radical (unpaired) electrons. The van der Waals surface area contributed by atoms with E-state index in [2.05, 4.69) is 10.6 Å². The maximum absolute atomic E-state index is 11.7. The molecule has 0 fully saturated rings. The number of hydrogen-bond donors (Lipinski definition) is 5. The lowest BCUT2D eigenvalue weighted by Gasteiger charge is -2.09. The standard InChI is InChI=1S/C12H15ClN2O5/c1-6(13)11(19)14-2-3-15-12(20)7-4-8(16)10(18)9(17)5-7/h4-6,16-18H,2-3H2,1H3,(H,14,19)(H,15,20). The first kappa shape index (κ1) is 15.9. The SMILES string of the molecule is CC(Cl)C(=O)NCCNC(=O)c1cc(O)c(O)c(O)c1. The number of aromatic hydroxyl groups is 3. The van der Waals surface area contributed by atoms with Crippen LogP contribution in [0.1, 0.15) is 17.3 Å². The molecule has 1 atom stereocenters. The molecule has 20 heavy (non-hydrogen) atoms. The van der Waals surface area contributed by atoms with Crippen molar-refractivity contribution < 1.29 is 24.9 Å². The normalized spacial score (nSPS) is 11.7. The molecule has 1 aromatic carbocycles. The summed E-state index contributed by atoms with van der Waals surface area (Å²) in [5.74, 6) is -2.80. The number of hydrogen-bond acceptors (Lipinski definition) is 5. The third-order valence-corrected chi connectivity index (χ3v) is 2.60. The van der Waals surface area contributed by atoms with Gasteiger partial charge in [-0.2, -0.15) is 0 Å². The van der Waals surface area contributed by atoms with E-state index in [1.165, 1.54) is 6.92 Å². The molecule has 0 aliphatic carbocycles. The Morgan fingerprint density at radius 1 is 1.15 bits per heavy atom. The van der Waals surface area contributed by atoms with Gasteiger partial charge in [0.25, 0.3) is 5.91 Å². The van der Waals surface area contributed by atoms with Crippen molar-refractivity contribution in [2.75, 3.05) is 13.1 Å². The third kappa shape index (κ3) is 4.20. The average Bonchev–Trinajstić information content (AvgIpc) is 2.39. The number of carbonyl (C=O) groups is 2. The molecule has 8 heteroatoms. The average molecular weight is 303 g/mol. The fraction of sp³-hybridized carbons (Fsp3) is 0.333. The van der Waals surface area contributed by atoms with Crippen LogP contribution in [-0.2, 0) is 4.79 Å². The molecule has 110 valence electrons. The molecule has 1 rings (SSSR count). The Labute approximate surface area is 120 Å². The summed E-state index contributed by atoms with van der Waals surface area (Å²) < 4.78 is 0. The molecule has 0 aliphatic heterocycles. The van der Waals surface area contributed by atoms with Crippen LogP contribution in [0.3, 0.4) is 0 Å². The summed E-state index contributed by atoms with van der Waals surface area (Å²) in [5.41, 5.74) is -0.0187. The molecule has 0 aliphatic rings. The number of phenols is 3. The Bertz CT molecular complexity index is 496. The van der Waals surface area contributed by atoms with Crippen molar-refractivity contribution in [3.63, 3.8) is 0 Å². The largest absolute Gasteiger partial charge is 0.504 e. The zero-order valence-corrected chi connectivity index (χ0v) is 11.4. The van der Waals surface area contributed by atoms with Crippen LogP contribution in [0.4, 0.5) is 0 Å². The second-order valence-electron chi connectivity index (χ2n) is 4.03. The maximum Gasteiger partial charge on any atom is 0.251 e. The van der Waals surface area contributed by atoms with E-state index in [-0.39, 0.29) is 24.6 Å². The lowest BCUT2D eigenvalue weighted by atomic mass is 10.1. The van der Waals surface area contributed by atoms with Crippen LogP contribution in [0, 0.1) is 0 Å². The quantitative estimate of drug-likeness (QED) is 0.304. The van der Waals surface area contributed by atoms with Crippen LogP contribution < -0.4 is 10.6 Å². The Morgan fingerprint density at radius 3 is 2.15 bits per heavy atom. The predicted molar refractivity (Wildman–Crippen MR) is 72.1 cm³/mol. The van der Waals surface area contributed by atoms with Gasteiger partial charge in [-0.05, 0) is 19.1 Å². The van der Waals surface area contributed by atoms with Gasteiger partial charge < -0.3 is 26.0 Å². The highest BCUT2D eigenvalue weighted by Crippen LogP contribution is 2.35. The molecule has 0 bridgehead atoms. The van der Waals surface area contributed by atoms with Gasteiger partial charge in [-0.1, -0.05) is 0 Å². The van der Waals surface area contributed by atoms with E-state index in [4.69, 9.17) is 16.7 Å². The van der Waals surface area contributed by atoms with Crippen molar-refractivity contribution in [3.8, 4) is 17.2 Å². The number of rotatable bonds is 5. The number of amides is 2. The van der Waals surface area contributed by atoms with Crippen LogP contribution in [0.2, 0.25) is 0 Å². The predicted octanol–water partition coefficient (Wildman–Crippen LogP) is 0.277. The fourth-order valence-electron chi connectivity index (χ4n) is 1.34. The molecule has 1 unspecified atom stereocenters. The molecule has 0 heterocycles. The van der Waals surface area contributed by atoms with E-state index in [0.717, 1.165) is 12.1 Å². The lowest BCUT2D eigenvalue weighted by molar-refractivity contribution is -0.120. The minimum absolute atomic E-state index is 0.0187. The van der Waals surface area contributed by atoms with Crippen molar-refractivity contribution in [1.82, 2.24) is 10.6 Å². The maximum atomic E-state index is 11.7. The van der Waals surface area contributed by atoms with Gasteiger partial charge >= 0.3 is 0 Å². The smallest absolute Gasteiger partial charge is 0.251 e. The summed E-state index contributed by atoms with van der Waals surface area (Å²) >= 11 is 5.54. The molecule has 0 saturated carbocycles. The summed E-state index contributed by atoms with van der Waals surface area (Å²) in [4.78, 5) is 22.8. The number of benzene rings is 1. The number of carbonyl (C=O) groups excluding carboxylic acids is 2. The summed E-state index contributed by atoms with van der Waals surface area (Å²) in [7, 11) is 0. The summed E-state index contributed by atoms with van der Waals surface area (Å²) in [6, 6.07) is 2.04. The molecule has 7 nitrogen and oxygen atoms in total. The second-order valence-corrected chi connectivity index (χ2v) is 4.68. The minimum atomic E-state index is -0.690. The van der Waals surface area contributed by atoms with E-state index in [0.29, 0.717) is 0 Å². The van der Waals surface area contributed by atoms with Gasteiger partial charge in [0.15, 0.2) is 17.2 Å². The molecule has 0 aromatic heterocycles. The third-order valence-electron chi connectivity index (χ3n) is 2.40. The Kier molecular flexibility index (Phi) is 5.45. The molecule has 5 N–H and O–H groups in total. The van der Waals surface area contributed by atoms with Crippen molar-refractivity contribution in [3.05, 3.63) is 17.7 Å². The van der Waals surface area contributed by atoms with E-state index in [9.17, 15) is 19.8 Å². The Balaban J connectivity index is 2.50. The molecular formula is C12H15ClN2O5. The van der Waals surface area contributed by atoms with Crippen molar-refractivity contribution >= 4 is 23.4 Å². The van der Waals surface area contributed by atoms with Crippen LogP contribution in [0.25, 0.3) is 0 Å². The van der Waals surface area contributed by atoms with Crippen molar-refractivity contribution in [1.29, 1.82) is 0 Å². The first-order chi connectivity index (χ1) is 9.32. The van der Waals surface area contributed by atoms with Crippen LogP contribution >= 0.6 is 11.6 Å². The fourth-order valence-corrected chi connectivity index (χ4v) is 1.42. The van der Waals surface area contributed by atoms with Crippen LogP contribution in [0.5, 0.6) is 17.2 Å². The van der Waals surface area contributed by atoms with Gasteiger partial charge in [0, 0.05) is 18.7 Å². The topological polar surface area (TPSA) is 119 Å². The molecule has 2 amide bonds. The highest BCUT2D eigenvalue weighted by atomic mass is 35.5. The first-order valence-corrected chi connectivity index (χ1v) is 6.21. The molecule has 0 saturated heterocycles. The number of halogens is 1. The molecule has 0 spiro atoms. The van der Waals surface area contributed by atoms with Crippen molar-refractivity contribution in [2.45, 2.75) is 12.3 Å². The Hall–Kier alpha value is -2.15. The zero-order valence-electron chi connectivity index (χ0n) is 10.7. The highest BCUT2D eigenvalue weighted by molar-refractivity contribution is 6.30. The zero-order chi connectivity index (χ0) is 15.3. The molecule has 1 aromatic rings. The van der Waals surface area contributed by atoms with Gasteiger partial charge in [-0.25, -0.2) is 0 Å². The van der Waals surface area contributed by atoms with E-state index < -0.39 is 28.5 Å². The van der Waals surface area contributed by atoms with E-state index in [1.807, 2.05) is 0 Å². The number of alkyl halides is 1. The number of phenolic OH excluding ortho intramolecular Hbond substituents is 3. The summed E-state index contributed by atoms with van der Waals surface area (Å²) in [5, 5.41) is 32.0. The highest BCUT2D eigenvalue weighted by Gasteiger charge is 2.13. The van der Waals surface area contributed by atoms with Crippen molar-refractivity contribution in [2.24, 2.45) is 0 Å². The van der Waals surface area contributed by atoms with Gasteiger partial charge in [0.1, 0.15) is 5.38 Å². The van der Waals surface area contributed by atoms with Gasteiger partial charge in [0.05, 0.1) is 0 Å². The number of nitrogens with one attached hydrogen (secondary N) is 2. The summed E-state index contributed by atoms with van der Waals surface area (Å²) in [6.07, 6.45) is 0. The lowest BCUT2D eigenvalue weighted by Crippen LogP contribution is -2.37. The van der Waals surface area contributed by atoms with E-state index >= 15 is 0 Å². The monoisotopic (exact) mass is 302 g/mol. The van der Waals surface area contributed by atoms with Crippen LogP contribution in [0.15, 0.2) is 12.1 Å². The van der Waals surface area contributed by atoms with Gasteiger partial charge in [0.2, 0.25) is 5.91 Å². The van der Waals surface area contributed by atoms with Gasteiger partial charge in [-0.15, -0.1) is 11.6 Å². The minimum Gasteiger partial charge on any atom is -0.504 e. The first-order valence-electron chi connectivity index (χ1n) is 5.78. The second kappa shape index (κ2) is 6.85. The Morgan fingerprint density at radius 2 is 1.65 bits per heavy atom. The van der Waals surface area contributed by atoms with Crippen LogP contribution in [-0.4, -0.2) is 45.6 Å². The molecular weight excluding hydrogens is 288 g/mol. The van der Waals surface area contributed by atoms with E-state index in [1.54, 1.807) is 0 Å². The van der Waals surface area contributed by atoms with Gasteiger partial charge in [-0.3, -0.25) is 9.59 Å².